The molecule has 3 aromatic rings. The Kier molecular flexibility index (Phi) is 8.53. The third kappa shape index (κ3) is 5.45. The first kappa shape index (κ1) is 24.0. The fourth-order valence-corrected chi connectivity index (χ4v) is 3.69. The first-order valence-corrected chi connectivity index (χ1v) is 9.84. The van der Waals surface area contributed by atoms with Gasteiger partial charge in [0.15, 0.2) is 5.82 Å². The van der Waals surface area contributed by atoms with Gasteiger partial charge < -0.3 is 15.6 Å². The summed E-state index contributed by atoms with van der Waals surface area (Å²) in [6.07, 6.45) is 4.64. The quantitative estimate of drug-likeness (QED) is 0.531. The van der Waals surface area contributed by atoms with Crippen LogP contribution in [0.2, 0.25) is 5.02 Å². The molecule has 0 radical (unpaired) electrons. The van der Waals surface area contributed by atoms with Gasteiger partial charge in [0.1, 0.15) is 5.82 Å². The van der Waals surface area contributed by atoms with Gasteiger partial charge in [-0.3, -0.25) is 4.79 Å². The van der Waals surface area contributed by atoms with Gasteiger partial charge in [-0.2, -0.15) is 0 Å². The molecule has 0 saturated heterocycles. The van der Waals surface area contributed by atoms with Gasteiger partial charge in [-0.1, -0.05) is 30.2 Å². The SMILES string of the molecule is Cl.Cl.Nc1ccc(CC(=O)Nc2ccc(Cl)c(-c3nnc4n3CCCCC4)c2)cc1. The van der Waals surface area contributed by atoms with Crippen LogP contribution in [0.5, 0.6) is 0 Å². The number of rotatable bonds is 4. The average Bonchev–Trinajstić information content (AvgIpc) is 2.93. The van der Waals surface area contributed by atoms with Gasteiger partial charge in [0, 0.05) is 29.9 Å². The van der Waals surface area contributed by atoms with Crippen LogP contribution in [0.15, 0.2) is 42.5 Å². The number of aryl methyl sites for hydroxylation is 1. The number of halogens is 3. The Morgan fingerprint density at radius 3 is 2.60 bits per heavy atom. The maximum absolute atomic E-state index is 12.4. The first-order chi connectivity index (χ1) is 13.6. The monoisotopic (exact) mass is 467 g/mol. The van der Waals surface area contributed by atoms with Gasteiger partial charge in [0.25, 0.3) is 0 Å². The van der Waals surface area contributed by atoms with Crippen molar-refractivity contribution in [2.24, 2.45) is 0 Å². The van der Waals surface area contributed by atoms with Crippen molar-refractivity contribution in [2.75, 3.05) is 11.1 Å². The summed E-state index contributed by atoms with van der Waals surface area (Å²) in [4.78, 5) is 12.4. The van der Waals surface area contributed by atoms with Crippen molar-refractivity contribution in [3.8, 4) is 11.4 Å². The molecule has 1 aromatic heterocycles. The maximum Gasteiger partial charge on any atom is 0.228 e. The third-order valence-corrected chi connectivity index (χ3v) is 5.27. The lowest BCUT2D eigenvalue weighted by Gasteiger charge is -2.11. The summed E-state index contributed by atoms with van der Waals surface area (Å²) in [5.74, 6) is 1.66. The third-order valence-electron chi connectivity index (χ3n) is 4.94. The normalized spacial score (nSPS) is 12.7. The van der Waals surface area contributed by atoms with Gasteiger partial charge in [-0.15, -0.1) is 35.0 Å². The van der Waals surface area contributed by atoms with Crippen LogP contribution in [-0.2, 0) is 24.2 Å². The Hall–Kier alpha value is -2.28. The van der Waals surface area contributed by atoms with E-state index in [1.54, 1.807) is 24.3 Å². The molecular weight excluding hydrogens is 445 g/mol. The van der Waals surface area contributed by atoms with Crippen molar-refractivity contribution >= 4 is 53.7 Å². The first-order valence-electron chi connectivity index (χ1n) is 9.46. The Bertz CT molecular complexity index is 1000. The van der Waals surface area contributed by atoms with Gasteiger partial charge in [0.2, 0.25) is 5.91 Å². The summed E-state index contributed by atoms with van der Waals surface area (Å²) in [5.41, 5.74) is 8.75. The molecule has 0 spiro atoms. The minimum absolute atomic E-state index is 0. The molecule has 9 heteroatoms. The van der Waals surface area contributed by atoms with Crippen LogP contribution in [0.1, 0.15) is 30.7 Å². The predicted octanol–water partition coefficient (Wildman–Crippen LogP) is 4.93. The molecule has 0 atom stereocenters. The molecule has 0 bridgehead atoms. The van der Waals surface area contributed by atoms with Crippen molar-refractivity contribution in [3.63, 3.8) is 0 Å². The summed E-state index contributed by atoms with van der Waals surface area (Å²) in [6.45, 7) is 0.891. The van der Waals surface area contributed by atoms with Crippen LogP contribution in [0.4, 0.5) is 11.4 Å². The zero-order valence-corrected chi connectivity index (χ0v) is 18.7. The fraction of sp³-hybridized carbons (Fsp3) is 0.286. The van der Waals surface area contributed by atoms with Gasteiger partial charge in [-0.05, 0) is 48.7 Å². The number of nitrogen functional groups attached to an aromatic ring is 1. The zero-order chi connectivity index (χ0) is 19.5. The van der Waals surface area contributed by atoms with Crippen LogP contribution >= 0.6 is 36.4 Å². The average molecular weight is 469 g/mol. The molecule has 2 heterocycles. The molecule has 2 aromatic carbocycles. The van der Waals surface area contributed by atoms with E-state index < -0.39 is 0 Å². The van der Waals surface area contributed by atoms with E-state index in [0.717, 1.165) is 48.6 Å². The Morgan fingerprint density at radius 1 is 1.07 bits per heavy atom. The lowest BCUT2D eigenvalue weighted by Crippen LogP contribution is -2.14. The number of carbonyl (C=O) groups is 1. The fourth-order valence-electron chi connectivity index (χ4n) is 3.48. The van der Waals surface area contributed by atoms with Crippen molar-refractivity contribution in [2.45, 2.75) is 38.6 Å². The minimum Gasteiger partial charge on any atom is -0.399 e. The molecule has 4 rings (SSSR count). The number of anilines is 2. The molecule has 0 aliphatic carbocycles. The Morgan fingerprint density at radius 2 is 1.83 bits per heavy atom. The molecule has 0 unspecified atom stereocenters. The number of aromatic nitrogens is 3. The summed E-state index contributed by atoms with van der Waals surface area (Å²) in [5, 5.41) is 12.2. The van der Waals surface area contributed by atoms with Crippen LogP contribution in [-0.4, -0.2) is 20.7 Å². The highest BCUT2D eigenvalue weighted by Crippen LogP contribution is 2.31. The van der Waals surface area contributed by atoms with E-state index >= 15 is 0 Å². The molecule has 3 N–H and O–H groups in total. The van der Waals surface area contributed by atoms with E-state index in [1.807, 2.05) is 18.2 Å². The second-order valence-electron chi connectivity index (χ2n) is 7.06. The van der Waals surface area contributed by atoms with Crippen LogP contribution in [0.3, 0.4) is 0 Å². The minimum atomic E-state index is -0.0990. The van der Waals surface area contributed by atoms with E-state index in [1.165, 1.54) is 6.42 Å². The lowest BCUT2D eigenvalue weighted by atomic mass is 10.1. The molecule has 30 heavy (non-hydrogen) atoms. The van der Waals surface area contributed by atoms with E-state index in [0.29, 0.717) is 16.4 Å². The van der Waals surface area contributed by atoms with Crippen LogP contribution in [0.25, 0.3) is 11.4 Å². The second-order valence-corrected chi connectivity index (χ2v) is 7.47. The van der Waals surface area contributed by atoms with Crippen molar-refractivity contribution < 1.29 is 4.79 Å². The molecule has 1 amide bonds. The number of nitrogens with two attached hydrogens (primary N) is 1. The van der Waals surface area contributed by atoms with Crippen molar-refractivity contribution in [3.05, 3.63) is 58.9 Å². The van der Waals surface area contributed by atoms with Gasteiger partial charge in [-0.25, -0.2) is 0 Å². The summed E-state index contributed by atoms with van der Waals surface area (Å²) >= 11 is 6.45. The highest BCUT2D eigenvalue weighted by molar-refractivity contribution is 6.33. The van der Waals surface area contributed by atoms with E-state index in [2.05, 4.69) is 20.1 Å². The topological polar surface area (TPSA) is 85.8 Å². The van der Waals surface area contributed by atoms with Gasteiger partial charge >= 0.3 is 0 Å². The molecule has 160 valence electrons. The molecule has 1 aliphatic heterocycles. The van der Waals surface area contributed by atoms with E-state index in [9.17, 15) is 4.79 Å². The van der Waals surface area contributed by atoms with Crippen molar-refractivity contribution in [1.29, 1.82) is 0 Å². The number of hydrogen-bond donors (Lipinski definition) is 2. The highest BCUT2D eigenvalue weighted by Gasteiger charge is 2.18. The number of amides is 1. The molecule has 6 nitrogen and oxygen atoms in total. The number of carbonyl (C=O) groups excluding carboxylic acids is 1. The van der Waals surface area contributed by atoms with E-state index in [-0.39, 0.29) is 37.1 Å². The van der Waals surface area contributed by atoms with Crippen LogP contribution in [0, 0.1) is 0 Å². The number of nitrogens with zero attached hydrogens (tertiary/aromatic N) is 3. The number of nitrogens with one attached hydrogen (secondary N) is 1. The Labute approximate surface area is 193 Å². The van der Waals surface area contributed by atoms with E-state index in [4.69, 9.17) is 17.3 Å². The summed E-state index contributed by atoms with van der Waals surface area (Å²) in [6, 6.07) is 12.7. The second kappa shape index (κ2) is 10.7. The maximum atomic E-state index is 12.4. The van der Waals surface area contributed by atoms with Gasteiger partial charge in [0.05, 0.1) is 11.4 Å². The molecule has 0 fully saturated rings. The predicted molar refractivity (Wildman–Crippen MR) is 126 cm³/mol. The highest BCUT2D eigenvalue weighted by atomic mass is 35.5. The lowest BCUT2D eigenvalue weighted by molar-refractivity contribution is -0.115. The van der Waals surface area contributed by atoms with Crippen LogP contribution < -0.4 is 11.1 Å². The summed E-state index contributed by atoms with van der Waals surface area (Å²) in [7, 11) is 0. The standard InChI is InChI=1S/C21H22ClN5O.2ClH/c22-18-10-9-16(24-20(28)12-14-5-7-15(23)8-6-14)13-17(18)21-26-25-19-4-2-1-3-11-27(19)21;;/h5-10,13H,1-4,11-12,23H2,(H,24,28);2*1H. The molecule has 0 saturated carbocycles. The molecule has 1 aliphatic rings. The summed E-state index contributed by atoms with van der Waals surface area (Å²) < 4.78 is 2.15. The Balaban J connectivity index is 0.00000160. The molecular formula is C21H24Cl3N5O. The number of fused-ring (bicyclic) bond motifs is 1. The smallest absolute Gasteiger partial charge is 0.228 e. The zero-order valence-electron chi connectivity index (χ0n) is 16.3. The number of benzene rings is 2. The largest absolute Gasteiger partial charge is 0.399 e. The number of hydrogen-bond acceptors (Lipinski definition) is 4. The van der Waals surface area contributed by atoms with Crippen molar-refractivity contribution in [1.82, 2.24) is 14.8 Å².